The van der Waals surface area contributed by atoms with Gasteiger partial charge in [0.25, 0.3) is 0 Å². The van der Waals surface area contributed by atoms with Crippen molar-refractivity contribution in [2.45, 2.75) is 38.5 Å². The molecule has 0 saturated heterocycles. The highest BCUT2D eigenvalue weighted by atomic mass is 14.4. The molecule has 0 bridgehead atoms. The lowest BCUT2D eigenvalue weighted by atomic mass is 9.79. The lowest BCUT2D eigenvalue weighted by Gasteiger charge is -2.24. The van der Waals surface area contributed by atoms with Crippen molar-refractivity contribution in [3.8, 4) is 66.8 Å². The first-order chi connectivity index (χ1) is 29.3. The fourth-order valence-electron chi connectivity index (χ4n) is 11.0. The molecule has 2 aliphatic rings. The molecule has 0 aromatic heterocycles. The lowest BCUT2D eigenvalue weighted by Crippen LogP contribution is -2.15. The molecule has 0 amide bonds. The number of fused-ring (bicyclic) bond motifs is 9. The van der Waals surface area contributed by atoms with E-state index < -0.39 is 0 Å². The highest BCUT2D eigenvalue weighted by Gasteiger charge is 2.37. The third-order valence-electron chi connectivity index (χ3n) is 14.1. The number of hydrogen-bond donors (Lipinski definition) is 0. The standard InChI is InChI=1S/C60H44/c1-59(2)53-24-13-12-20-45(53)51-34-41(28-32-54(51)59)58-49-22-11-10-21-48(49)57(50-31-25-39(33-52(50)58)37-15-6-5-7-16-37)42-27-30-47-46-29-26-40(35-55(46)60(3,4)56(47)36-42)44-23-14-18-38-17-8-9-19-43(38)44/h5-36H,1-4H3. The van der Waals surface area contributed by atoms with E-state index in [0.29, 0.717) is 0 Å². The van der Waals surface area contributed by atoms with Crippen LogP contribution in [0.4, 0.5) is 0 Å². The molecule has 2 aliphatic carbocycles. The molecule has 0 aliphatic heterocycles. The molecule has 0 radical (unpaired) electrons. The Labute approximate surface area is 352 Å². The molecule has 12 rings (SSSR count). The van der Waals surface area contributed by atoms with Crippen LogP contribution < -0.4 is 0 Å². The van der Waals surface area contributed by atoms with Crippen molar-refractivity contribution in [3.63, 3.8) is 0 Å². The quantitative estimate of drug-likeness (QED) is 0.157. The van der Waals surface area contributed by atoms with Crippen LogP contribution in [0.1, 0.15) is 49.9 Å². The van der Waals surface area contributed by atoms with Crippen LogP contribution in [0, 0.1) is 0 Å². The SMILES string of the molecule is CC1(C)c2ccccc2-c2cc(-c3c4ccccc4c(-c4ccc5c(c4)C(C)(C)c4cc(-c6cccc7ccccc67)ccc4-5)c4ccc(-c5ccccc5)cc34)ccc21. The van der Waals surface area contributed by atoms with E-state index in [-0.39, 0.29) is 10.8 Å². The molecule has 0 fully saturated rings. The first-order valence-corrected chi connectivity index (χ1v) is 21.3. The first kappa shape index (κ1) is 35.0. The van der Waals surface area contributed by atoms with Crippen molar-refractivity contribution < 1.29 is 0 Å². The zero-order chi connectivity index (χ0) is 40.3. The van der Waals surface area contributed by atoms with E-state index in [1.807, 2.05) is 0 Å². The Morgan fingerprint density at radius 2 is 0.750 bits per heavy atom. The summed E-state index contributed by atoms with van der Waals surface area (Å²) < 4.78 is 0. The predicted molar refractivity (Wildman–Crippen MR) is 256 cm³/mol. The molecule has 0 heterocycles. The Kier molecular flexibility index (Phi) is 7.42. The molecule has 0 N–H and O–H groups in total. The van der Waals surface area contributed by atoms with E-state index in [1.165, 1.54) is 121 Å². The second-order valence-corrected chi connectivity index (χ2v) is 18.0. The van der Waals surface area contributed by atoms with Crippen LogP contribution in [-0.4, -0.2) is 0 Å². The van der Waals surface area contributed by atoms with Gasteiger partial charge in [-0.3, -0.25) is 0 Å². The van der Waals surface area contributed by atoms with E-state index in [1.54, 1.807) is 0 Å². The normalized spacial score (nSPS) is 14.3. The van der Waals surface area contributed by atoms with Crippen LogP contribution >= 0.6 is 0 Å². The van der Waals surface area contributed by atoms with Gasteiger partial charge in [-0.2, -0.15) is 0 Å². The Morgan fingerprint density at radius 1 is 0.250 bits per heavy atom. The van der Waals surface area contributed by atoms with Gasteiger partial charge in [0.15, 0.2) is 0 Å². The van der Waals surface area contributed by atoms with Gasteiger partial charge in [-0.25, -0.2) is 0 Å². The van der Waals surface area contributed by atoms with Gasteiger partial charge in [0, 0.05) is 10.8 Å². The maximum absolute atomic E-state index is 2.51. The minimum Gasteiger partial charge on any atom is -0.0622 e. The third-order valence-corrected chi connectivity index (χ3v) is 14.1. The molecule has 0 saturated carbocycles. The topological polar surface area (TPSA) is 0 Å². The lowest BCUT2D eigenvalue weighted by molar-refractivity contribution is 0.660. The van der Waals surface area contributed by atoms with Gasteiger partial charge in [-0.15, -0.1) is 0 Å². The van der Waals surface area contributed by atoms with Gasteiger partial charge >= 0.3 is 0 Å². The summed E-state index contributed by atoms with van der Waals surface area (Å²) in [6.45, 7) is 9.55. The summed E-state index contributed by atoms with van der Waals surface area (Å²) in [5, 5.41) is 7.67. The van der Waals surface area contributed by atoms with Gasteiger partial charge in [-0.1, -0.05) is 198 Å². The fourth-order valence-corrected chi connectivity index (χ4v) is 11.0. The average molecular weight is 765 g/mol. The van der Waals surface area contributed by atoms with Crippen LogP contribution in [0.5, 0.6) is 0 Å². The maximum atomic E-state index is 2.51. The molecule has 0 nitrogen and oxygen atoms in total. The molecule has 0 spiro atoms. The largest absolute Gasteiger partial charge is 0.0622 e. The minimum atomic E-state index is -0.179. The number of rotatable bonds is 4. The van der Waals surface area contributed by atoms with Crippen molar-refractivity contribution in [1.82, 2.24) is 0 Å². The van der Waals surface area contributed by atoms with Crippen molar-refractivity contribution in [2.75, 3.05) is 0 Å². The van der Waals surface area contributed by atoms with E-state index in [0.717, 1.165) is 0 Å². The van der Waals surface area contributed by atoms with Crippen LogP contribution in [0.2, 0.25) is 0 Å². The molecule has 60 heavy (non-hydrogen) atoms. The van der Waals surface area contributed by atoms with E-state index >= 15 is 0 Å². The number of hydrogen-bond acceptors (Lipinski definition) is 0. The predicted octanol–water partition coefficient (Wildman–Crippen LogP) is 16.4. The van der Waals surface area contributed by atoms with Gasteiger partial charge in [-0.05, 0) is 146 Å². The highest BCUT2D eigenvalue weighted by molar-refractivity contribution is 6.22. The Morgan fingerprint density at radius 3 is 1.53 bits per heavy atom. The molecule has 10 aromatic carbocycles. The van der Waals surface area contributed by atoms with Crippen LogP contribution in [0.25, 0.3) is 99.1 Å². The molecular formula is C60H44. The van der Waals surface area contributed by atoms with Gasteiger partial charge in [0.2, 0.25) is 0 Å². The summed E-state index contributed by atoms with van der Waals surface area (Å²) >= 11 is 0. The van der Waals surface area contributed by atoms with Crippen LogP contribution in [0.15, 0.2) is 194 Å². The summed E-state index contributed by atoms with van der Waals surface area (Å²) in [5.41, 5.74) is 20.8. The average Bonchev–Trinajstić information content (AvgIpc) is 3.66. The summed E-state index contributed by atoms with van der Waals surface area (Å²) in [6, 6.07) is 73.1. The molecule has 0 heteroatoms. The molecule has 0 atom stereocenters. The Balaban J connectivity index is 1.07. The van der Waals surface area contributed by atoms with E-state index in [4.69, 9.17) is 0 Å². The maximum Gasteiger partial charge on any atom is 0.0159 e. The zero-order valence-electron chi connectivity index (χ0n) is 34.5. The van der Waals surface area contributed by atoms with Crippen LogP contribution in [0.3, 0.4) is 0 Å². The first-order valence-electron chi connectivity index (χ1n) is 21.3. The van der Waals surface area contributed by atoms with Gasteiger partial charge < -0.3 is 0 Å². The third kappa shape index (κ3) is 4.98. The second-order valence-electron chi connectivity index (χ2n) is 18.0. The van der Waals surface area contributed by atoms with Gasteiger partial charge in [0.1, 0.15) is 0 Å². The van der Waals surface area contributed by atoms with Crippen molar-refractivity contribution in [1.29, 1.82) is 0 Å². The highest BCUT2D eigenvalue weighted by Crippen LogP contribution is 2.54. The van der Waals surface area contributed by atoms with Crippen molar-refractivity contribution >= 4 is 32.3 Å². The summed E-state index contributed by atoms with van der Waals surface area (Å²) in [6.07, 6.45) is 0. The zero-order valence-corrected chi connectivity index (χ0v) is 34.5. The Hall–Kier alpha value is -7.02. The molecule has 284 valence electrons. The van der Waals surface area contributed by atoms with E-state index in [2.05, 4.69) is 222 Å². The number of benzene rings is 10. The molecule has 10 aromatic rings. The summed E-state index contributed by atoms with van der Waals surface area (Å²) in [5.74, 6) is 0. The second kappa shape index (κ2) is 12.7. The Bertz CT molecular complexity index is 3410. The van der Waals surface area contributed by atoms with Gasteiger partial charge in [0.05, 0.1) is 0 Å². The molecule has 0 unspecified atom stereocenters. The smallest absolute Gasteiger partial charge is 0.0159 e. The van der Waals surface area contributed by atoms with Crippen molar-refractivity contribution in [2.24, 2.45) is 0 Å². The van der Waals surface area contributed by atoms with Crippen molar-refractivity contribution in [3.05, 3.63) is 216 Å². The van der Waals surface area contributed by atoms with E-state index in [9.17, 15) is 0 Å². The monoisotopic (exact) mass is 764 g/mol. The minimum absolute atomic E-state index is 0.0442. The van der Waals surface area contributed by atoms with Crippen LogP contribution in [-0.2, 0) is 10.8 Å². The fraction of sp³-hybridized carbons (Fsp3) is 0.100. The summed E-state index contributed by atoms with van der Waals surface area (Å²) in [7, 11) is 0. The summed E-state index contributed by atoms with van der Waals surface area (Å²) in [4.78, 5) is 0. The molecular weight excluding hydrogens is 721 g/mol.